The number of nitrogens with zero attached hydrogens (tertiary/aromatic N) is 4. The van der Waals surface area contributed by atoms with Gasteiger partial charge in [0.25, 0.3) is 0 Å². The highest BCUT2D eigenvalue weighted by Crippen LogP contribution is 2.24. The number of hydrogen-bond acceptors (Lipinski definition) is 6. The van der Waals surface area contributed by atoms with Crippen molar-refractivity contribution < 1.29 is 9.32 Å². The van der Waals surface area contributed by atoms with Crippen molar-refractivity contribution in [1.29, 1.82) is 0 Å². The molecule has 8 heteroatoms. The fourth-order valence-corrected chi connectivity index (χ4v) is 3.43. The second-order valence-electron chi connectivity index (χ2n) is 6.07. The summed E-state index contributed by atoms with van der Waals surface area (Å²) >= 11 is 1.49. The fourth-order valence-electron chi connectivity index (χ4n) is 2.61. The lowest BCUT2D eigenvalue weighted by Crippen LogP contribution is -2.49. The molecule has 2 aromatic rings. The maximum Gasteiger partial charge on any atom is 0.323 e. The lowest BCUT2D eigenvalue weighted by Gasteiger charge is -2.33. The van der Waals surface area contributed by atoms with Crippen molar-refractivity contribution in [2.45, 2.75) is 32.7 Å². The molecule has 3 rings (SSSR count). The van der Waals surface area contributed by atoms with Crippen molar-refractivity contribution in [3.8, 4) is 0 Å². The molecule has 1 atom stereocenters. The van der Waals surface area contributed by atoms with Crippen LogP contribution in [-0.2, 0) is 6.54 Å². The summed E-state index contributed by atoms with van der Waals surface area (Å²) < 4.78 is 4.85. The SMILES string of the molecule is CC[C@H](C)c1csc(NC(=O)N2CCN(Cc3ccon3)CC2)n1. The lowest BCUT2D eigenvalue weighted by atomic mass is 10.1. The van der Waals surface area contributed by atoms with E-state index in [9.17, 15) is 4.79 Å². The average Bonchev–Trinajstić information content (AvgIpc) is 3.27. The predicted molar refractivity (Wildman–Crippen MR) is 93.2 cm³/mol. The summed E-state index contributed by atoms with van der Waals surface area (Å²) in [6.07, 6.45) is 2.63. The third-order valence-electron chi connectivity index (χ3n) is 4.39. The van der Waals surface area contributed by atoms with Crippen LogP contribution in [0.4, 0.5) is 9.93 Å². The Morgan fingerprint density at radius 2 is 2.21 bits per heavy atom. The van der Waals surface area contributed by atoms with E-state index in [0.29, 0.717) is 24.1 Å². The first kappa shape index (κ1) is 16.9. The predicted octanol–water partition coefficient (Wildman–Crippen LogP) is 2.99. The Morgan fingerprint density at radius 1 is 1.42 bits per heavy atom. The zero-order chi connectivity index (χ0) is 16.9. The van der Waals surface area contributed by atoms with Crippen LogP contribution >= 0.6 is 11.3 Å². The Hall–Kier alpha value is -1.93. The van der Waals surface area contributed by atoms with Gasteiger partial charge in [-0.2, -0.15) is 0 Å². The molecule has 1 saturated heterocycles. The first-order chi connectivity index (χ1) is 11.7. The van der Waals surface area contributed by atoms with Crippen LogP contribution in [0.5, 0.6) is 0 Å². The van der Waals surface area contributed by atoms with E-state index in [1.807, 2.05) is 16.3 Å². The second kappa shape index (κ2) is 7.76. The highest BCUT2D eigenvalue weighted by atomic mass is 32.1. The quantitative estimate of drug-likeness (QED) is 0.898. The summed E-state index contributed by atoms with van der Waals surface area (Å²) in [4.78, 5) is 21.0. The van der Waals surface area contributed by atoms with Gasteiger partial charge in [-0.1, -0.05) is 19.0 Å². The molecule has 0 aromatic carbocycles. The van der Waals surface area contributed by atoms with Crippen molar-refractivity contribution >= 4 is 22.5 Å². The van der Waals surface area contributed by atoms with Crippen LogP contribution in [0.3, 0.4) is 0 Å². The molecule has 2 amide bonds. The van der Waals surface area contributed by atoms with Gasteiger partial charge >= 0.3 is 6.03 Å². The van der Waals surface area contributed by atoms with Gasteiger partial charge in [0.05, 0.1) is 11.4 Å². The van der Waals surface area contributed by atoms with Crippen LogP contribution < -0.4 is 5.32 Å². The Morgan fingerprint density at radius 3 is 2.88 bits per heavy atom. The topological polar surface area (TPSA) is 74.5 Å². The number of anilines is 1. The number of piperazine rings is 1. The molecule has 1 N–H and O–H groups in total. The van der Waals surface area contributed by atoms with Crippen LogP contribution in [0.25, 0.3) is 0 Å². The standard InChI is InChI=1S/C16H23N5O2S/c1-3-12(2)14-11-24-15(17-14)18-16(22)21-7-5-20(6-8-21)10-13-4-9-23-19-13/h4,9,11-12H,3,5-8,10H2,1-2H3,(H,17,18,22)/t12-/m0/s1. The molecule has 0 radical (unpaired) electrons. The van der Waals surface area contributed by atoms with Gasteiger partial charge in [0.2, 0.25) is 0 Å². The number of thiazole rings is 1. The summed E-state index contributed by atoms with van der Waals surface area (Å²) in [6, 6.07) is 1.80. The van der Waals surface area contributed by atoms with Crippen LogP contribution in [0, 0.1) is 0 Å². The number of hydrogen-bond donors (Lipinski definition) is 1. The molecule has 0 aliphatic carbocycles. The van der Waals surface area contributed by atoms with Crippen molar-refractivity contribution in [1.82, 2.24) is 19.9 Å². The van der Waals surface area contributed by atoms with Crippen LogP contribution in [0.15, 0.2) is 22.2 Å². The number of aromatic nitrogens is 2. The van der Waals surface area contributed by atoms with Crippen LogP contribution in [-0.4, -0.2) is 52.2 Å². The minimum absolute atomic E-state index is 0.0684. The third-order valence-corrected chi connectivity index (χ3v) is 5.17. The van der Waals surface area contributed by atoms with Crippen molar-refractivity contribution in [2.24, 2.45) is 0 Å². The molecule has 0 saturated carbocycles. The van der Waals surface area contributed by atoms with Crippen molar-refractivity contribution in [3.05, 3.63) is 29.1 Å². The molecule has 0 bridgehead atoms. The van der Waals surface area contributed by atoms with E-state index in [1.165, 1.54) is 11.3 Å². The fraction of sp³-hybridized carbons (Fsp3) is 0.562. The Kier molecular flexibility index (Phi) is 5.47. The normalized spacial score (nSPS) is 17.0. The van der Waals surface area contributed by atoms with E-state index in [1.54, 1.807) is 6.26 Å². The number of urea groups is 1. The van der Waals surface area contributed by atoms with Gasteiger partial charge < -0.3 is 9.42 Å². The molecule has 130 valence electrons. The van der Waals surface area contributed by atoms with E-state index in [0.717, 1.165) is 37.4 Å². The molecule has 3 heterocycles. The van der Waals surface area contributed by atoms with Crippen molar-refractivity contribution in [3.63, 3.8) is 0 Å². The molecule has 1 aliphatic rings. The number of amides is 2. The van der Waals surface area contributed by atoms with Gasteiger partial charge in [0.1, 0.15) is 6.26 Å². The molecular formula is C16H23N5O2S. The molecular weight excluding hydrogens is 326 g/mol. The first-order valence-corrected chi connectivity index (χ1v) is 9.16. The molecule has 0 spiro atoms. The largest absolute Gasteiger partial charge is 0.364 e. The Balaban J connectivity index is 1.47. The zero-order valence-corrected chi connectivity index (χ0v) is 14.9. The first-order valence-electron chi connectivity index (χ1n) is 8.28. The minimum atomic E-state index is -0.0684. The molecule has 7 nitrogen and oxygen atoms in total. The highest BCUT2D eigenvalue weighted by Gasteiger charge is 2.22. The van der Waals surface area contributed by atoms with Crippen molar-refractivity contribution in [2.75, 3.05) is 31.5 Å². The number of carbonyl (C=O) groups excluding carboxylic acids is 1. The monoisotopic (exact) mass is 349 g/mol. The minimum Gasteiger partial charge on any atom is -0.364 e. The maximum absolute atomic E-state index is 12.4. The third kappa shape index (κ3) is 4.12. The molecule has 2 aromatic heterocycles. The van der Waals surface area contributed by atoms with E-state index >= 15 is 0 Å². The zero-order valence-electron chi connectivity index (χ0n) is 14.1. The molecule has 1 fully saturated rings. The van der Waals surface area contributed by atoms with E-state index in [4.69, 9.17) is 4.52 Å². The second-order valence-corrected chi connectivity index (χ2v) is 6.93. The summed E-state index contributed by atoms with van der Waals surface area (Å²) in [5, 5.41) is 9.56. The number of carbonyl (C=O) groups is 1. The molecule has 1 aliphatic heterocycles. The Labute approximate surface area is 145 Å². The van der Waals surface area contributed by atoms with Gasteiger partial charge in [0, 0.05) is 44.2 Å². The van der Waals surface area contributed by atoms with E-state index in [-0.39, 0.29) is 6.03 Å². The number of nitrogens with one attached hydrogen (secondary N) is 1. The van der Waals surface area contributed by atoms with Gasteiger partial charge in [-0.3, -0.25) is 10.2 Å². The smallest absolute Gasteiger partial charge is 0.323 e. The molecule has 0 unspecified atom stereocenters. The molecule has 24 heavy (non-hydrogen) atoms. The van der Waals surface area contributed by atoms with E-state index < -0.39 is 0 Å². The highest BCUT2D eigenvalue weighted by molar-refractivity contribution is 7.13. The Bertz CT molecular complexity index is 649. The van der Waals surface area contributed by atoms with Gasteiger partial charge in [0.15, 0.2) is 5.13 Å². The number of rotatable bonds is 5. The van der Waals surface area contributed by atoms with E-state index in [2.05, 4.69) is 34.2 Å². The summed E-state index contributed by atoms with van der Waals surface area (Å²) in [5.74, 6) is 0.423. The van der Waals surface area contributed by atoms with Gasteiger partial charge in [-0.05, 0) is 12.3 Å². The van der Waals surface area contributed by atoms with Gasteiger partial charge in [-0.25, -0.2) is 9.78 Å². The van der Waals surface area contributed by atoms with Gasteiger partial charge in [-0.15, -0.1) is 11.3 Å². The maximum atomic E-state index is 12.4. The summed E-state index contributed by atoms with van der Waals surface area (Å²) in [6.45, 7) is 8.11. The average molecular weight is 349 g/mol. The lowest BCUT2D eigenvalue weighted by molar-refractivity contribution is 0.141. The summed E-state index contributed by atoms with van der Waals surface area (Å²) in [5.41, 5.74) is 1.98. The summed E-state index contributed by atoms with van der Waals surface area (Å²) in [7, 11) is 0. The van der Waals surface area contributed by atoms with Crippen LogP contribution in [0.1, 0.15) is 37.6 Å². The van der Waals surface area contributed by atoms with Crippen LogP contribution in [0.2, 0.25) is 0 Å².